The molecule has 0 fully saturated rings. The summed E-state index contributed by atoms with van der Waals surface area (Å²) in [4.78, 5) is 21.0. The van der Waals surface area contributed by atoms with Gasteiger partial charge in [0.05, 0.1) is 4.47 Å². The fourth-order valence-corrected chi connectivity index (χ4v) is 1.69. The first-order valence-corrected chi connectivity index (χ1v) is 5.90. The number of nitrogens with zero attached hydrogens (tertiary/aromatic N) is 3. The first kappa shape index (κ1) is 12.9. The fraction of sp³-hybridized carbons (Fsp3) is 0.500. The molecule has 0 unspecified atom stereocenters. The maximum atomic E-state index is 10.9. The number of rotatable bonds is 5. The Bertz CT molecular complexity index is 384. The van der Waals surface area contributed by atoms with E-state index in [1.807, 2.05) is 11.8 Å². The summed E-state index contributed by atoms with van der Waals surface area (Å²) in [5.74, 6) is -0.590. The topological polar surface area (TPSA) is 66.3 Å². The Kier molecular flexibility index (Phi) is 4.67. The number of hydrogen-bond donors (Lipinski definition) is 1. The minimum absolute atomic E-state index is 0.000414. The van der Waals surface area contributed by atoms with Gasteiger partial charge in [0.1, 0.15) is 0 Å². The zero-order valence-electron chi connectivity index (χ0n) is 9.27. The first-order chi connectivity index (χ1) is 7.60. The van der Waals surface area contributed by atoms with Crippen LogP contribution < -0.4 is 4.90 Å². The van der Waals surface area contributed by atoms with Gasteiger partial charge < -0.3 is 10.0 Å². The van der Waals surface area contributed by atoms with Crippen LogP contribution in [0.25, 0.3) is 0 Å². The van der Waals surface area contributed by atoms with Gasteiger partial charge in [0.2, 0.25) is 5.95 Å². The van der Waals surface area contributed by atoms with Gasteiger partial charge in [0.25, 0.3) is 0 Å². The van der Waals surface area contributed by atoms with E-state index in [4.69, 9.17) is 5.11 Å². The summed E-state index contributed by atoms with van der Waals surface area (Å²) in [7, 11) is 0. The van der Waals surface area contributed by atoms with Crippen molar-refractivity contribution in [3.63, 3.8) is 0 Å². The number of carboxylic acid groups (broad SMARTS) is 1. The zero-order valence-corrected chi connectivity index (χ0v) is 10.9. The maximum absolute atomic E-state index is 10.9. The first-order valence-electron chi connectivity index (χ1n) is 5.10. The molecule has 0 saturated carbocycles. The molecule has 0 saturated heterocycles. The molecule has 0 aromatic carbocycles. The molecule has 0 atom stereocenters. The Balaban J connectivity index is 3.05. The standard InChI is InChI=1S/C10H14BrN3O2/c1-3-5-14(4-2)10-12-6-7(11)8(13-10)9(15)16/h6H,3-5H2,1-2H3,(H,15,16). The van der Waals surface area contributed by atoms with E-state index in [0.717, 1.165) is 19.5 Å². The summed E-state index contributed by atoms with van der Waals surface area (Å²) in [6, 6.07) is 0. The van der Waals surface area contributed by atoms with Crippen LogP contribution >= 0.6 is 15.9 Å². The van der Waals surface area contributed by atoms with Crippen LogP contribution in [-0.4, -0.2) is 34.1 Å². The second kappa shape index (κ2) is 5.79. The molecule has 0 bridgehead atoms. The van der Waals surface area contributed by atoms with Gasteiger partial charge in [-0.05, 0) is 29.3 Å². The van der Waals surface area contributed by atoms with Gasteiger partial charge in [-0.2, -0.15) is 0 Å². The average Bonchev–Trinajstić information content (AvgIpc) is 2.26. The molecule has 5 nitrogen and oxygen atoms in total. The lowest BCUT2D eigenvalue weighted by Gasteiger charge is -2.19. The SMILES string of the molecule is CCCN(CC)c1ncc(Br)c(C(=O)O)n1. The van der Waals surface area contributed by atoms with Gasteiger partial charge in [-0.1, -0.05) is 6.92 Å². The summed E-state index contributed by atoms with van der Waals surface area (Å²) in [5.41, 5.74) is -0.000414. The molecular weight excluding hydrogens is 274 g/mol. The largest absolute Gasteiger partial charge is 0.476 e. The third kappa shape index (κ3) is 2.91. The molecule has 0 aliphatic rings. The van der Waals surface area contributed by atoms with Crippen LogP contribution in [-0.2, 0) is 0 Å². The molecule has 0 amide bonds. The average molecular weight is 288 g/mol. The van der Waals surface area contributed by atoms with Crippen molar-refractivity contribution in [2.45, 2.75) is 20.3 Å². The molecule has 1 heterocycles. The van der Waals surface area contributed by atoms with Gasteiger partial charge in [0.15, 0.2) is 5.69 Å². The Morgan fingerprint density at radius 2 is 2.25 bits per heavy atom. The number of carboxylic acids is 1. The van der Waals surface area contributed by atoms with Crippen molar-refractivity contribution in [1.82, 2.24) is 9.97 Å². The van der Waals surface area contributed by atoms with Crippen LogP contribution in [0.3, 0.4) is 0 Å². The van der Waals surface area contributed by atoms with Crippen LogP contribution in [0.2, 0.25) is 0 Å². The highest BCUT2D eigenvalue weighted by molar-refractivity contribution is 9.10. The van der Waals surface area contributed by atoms with Crippen molar-refractivity contribution < 1.29 is 9.90 Å². The second-order valence-electron chi connectivity index (χ2n) is 3.25. The monoisotopic (exact) mass is 287 g/mol. The molecule has 1 aromatic heterocycles. The Labute approximate surface area is 103 Å². The second-order valence-corrected chi connectivity index (χ2v) is 4.11. The van der Waals surface area contributed by atoms with Gasteiger partial charge in [-0.3, -0.25) is 0 Å². The predicted octanol–water partition coefficient (Wildman–Crippen LogP) is 2.17. The number of hydrogen-bond acceptors (Lipinski definition) is 4. The third-order valence-corrected chi connectivity index (χ3v) is 2.67. The normalized spacial score (nSPS) is 10.2. The van der Waals surface area contributed by atoms with E-state index in [1.54, 1.807) is 0 Å². The summed E-state index contributed by atoms with van der Waals surface area (Å²) >= 11 is 3.12. The minimum atomic E-state index is -1.05. The molecule has 6 heteroatoms. The summed E-state index contributed by atoms with van der Waals surface area (Å²) in [6.07, 6.45) is 2.44. The Hall–Kier alpha value is -1.17. The highest BCUT2D eigenvalue weighted by Crippen LogP contribution is 2.17. The van der Waals surface area contributed by atoms with Gasteiger partial charge >= 0.3 is 5.97 Å². The van der Waals surface area contributed by atoms with Crippen LogP contribution in [0.1, 0.15) is 30.8 Å². The fourth-order valence-electron chi connectivity index (χ4n) is 1.33. The van der Waals surface area contributed by atoms with Crippen molar-refractivity contribution in [3.8, 4) is 0 Å². The molecule has 88 valence electrons. The van der Waals surface area contributed by atoms with E-state index < -0.39 is 5.97 Å². The summed E-state index contributed by atoms with van der Waals surface area (Å²) < 4.78 is 0.399. The van der Waals surface area contributed by atoms with Crippen LogP contribution in [0, 0.1) is 0 Å². The molecule has 1 rings (SSSR count). The van der Waals surface area contributed by atoms with Crippen molar-refractivity contribution >= 4 is 27.8 Å². The number of aromatic nitrogens is 2. The zero-order chi connectivity index (χ0) is 12.1. The highest BCUT2D eigenvalue weighted by atomic mass is 79.9. The molecule has 1 aromatic rings. The predicted molar refractivity (Wildman–Crippen MR) is 64.9 cm³/mol. The number of carbonyl (C=O) groups is 1. The molecule has 0 aliphatic carbocycles. The number of halogens is 1. The van der Waals surface area contributed by atoms with Crippen LogP contribution in [0.4, 0.5) is 5.95 Å². The number of anilines is 1. The lowest BCUT2D eigenvalue weighted by Crippen LogP contribution is -2.26. The van der Waals surface area contributed by atoms with E-state index in [0.29, 0.717) is 10.4 Å². The minimum Gasteiger partial charge on any atom is -0.476 e. The quantitative estimate of drug-likeness (QED) is 0.899. The van der Waals surface area contributed by atoms with E-state index in [2.05, 4.69) is 32.8 Å². The lowest BCUT2D eigenvalue weighted by molar-refractivity contribution is 0.0689. The van der Waals surface area contributed by atoms with Crippen LogP contribution in [0.5, 0.6) is 0 Å². The van der Waals surface area contributed by atoms with Gasteiger partial charge in [-0.25, -0.2) is 14.8 Å². The Morgan fingerprint density at radius 1 is 1.56 bits per heavy atom. The van der Waals surface area contributed by atoms with Crippen molar-refractivity contribution in [2.24, 2.45) is 0 Å². The van der Waals surface area contributed by atoms with Crippen molar-refractivity contribution in [2.75, 3.05) is 18.0 Å². The lowest BCUT2D eigenvalue weighted by atomic mass is 10.4. The van der Waals surface area contributed by atoms with Crippen molar-refractivity contribution in [3.05, 3.63) is 16.4 Å². The van der Waals surface area contributed by atoms with E-state index in [9.17, 15) is 4.79 Å². The maximum Gasteiger partial charge on any atom is 0.355 e. The third-order valence-electron chi connectivity index (χ3n) is 2.09. The summed E-state index contributed by atoms with van der Waals surface area (Å²) in [6.45, 7) is 5.62. The van der Waals surface area contributed by atoms with E-state index in [1.165, 1.54) is 6.20 Å². The smallest absolute Gasteiger partial charge is 0.355 e. The molecule has 1 N–H and O–H groups in total. The molecule has 0 spiro atoms. The highest BCUT2D eigenvalue weighted by Gasteiger charge is 2.14. The van der Waals surface area contributed by atoms with Crippen LogP contribution in [0.15, 0.2) is 10.7 Å². The van der Waals surface area contributed by atoms with Gasteiger partial charge in [0, 0.05) is 19.3 Å². The Morgan fingerprint density at radius 3 is 2.75 bits per heavy atom. The number of aromatic carboxylic acids is 1. The molecular formula is C10H14BrN3O2. The van der Waals surface area contributed by atoms with Gasteiger partial charge in [-0.15, -0.1) is 0 Å². The molecule has 16 heavy (non-hydrogen) atoms. The van der Waals surface area contributed by atoms with Crippen molar-refractivity contribution in [1.29, 1.82) is 0 Å². The molecule has 0 aliphatic heterocycles. The summed E-state index contributed by atoms with van der Waals surface area (Å²) in [5, 5.41) is 8.94. The van der Waals surface area contributed by atoms with E-state index >= 15 is 0 Å². The van der Waals surface area contributed by atoms with E-state index in [-0.39, 0.29) is 5.69 Å². The molecule has 0 radical (unpaired) electrons.